The van der Waals surface area contributed by atoms with Gasteiger partial charge in [0.15, 0.2) is 5.69 Å². The van der Waals surface area contributed by atoms with Crippen molar-refractivity contribution in [2.24, 2.45) is 0 Å². The number of nitrogens with zero attached hydrogens (tertiary/aromatic N) is 5. The Bertz CT molecular complexity index is 698. The predicted octanol–water partition coefficient (Wildman–Crippen LogP) is 0.978. The lowest BCUT2D eigenvalue weighted by Gasteiger charge is -2.05. The van der Waals surface area contributed by atoms with Crippen molar-refractivity contribution in [3.05, 3.63) is 24.0 Å². The lowest BCUT2D eigenvalue weighted by atomic mass is 10.2. The number of aryl methyl sites for hydroxylation is 1. The summed E-state index contributed by atoms with van der Waals surface area (Å²) in [6.45, 7) is 3.59. The largest absolute Gasteiger partial charge is 0.420 e. The number of nitrogen functional groups attached to an aromatic ring is 1. The van der Waals surface area contributed by atoms with E-state index in [4.69, 9.17) is 10.2 Å². The standard InChI is InChI=1S/C10H10N6O/c1-5-8(11)7-3-12-4-16(7)15-9(5)10-14-13-6(2)17-10/h3-4H,11H2,1-2H3. The van der Waals surface area contributed by atoms with Crippen molar-refractivity contribution in [2.45, 2.75) is 13.8 Å². The molecule has 0 fully saturated rings. The van der Waals surface area contributed by atoms with E-state index >= 15 is 0 Å². The molecule has 0 atom stereocenters. The van der Waals surface area contributed by atoms with E-state index in [0.717, 1.165) is 11.1 Å². The van der Waals surface area contributed by atoms with E-state index in [2.05, 4.69) is 20.3 Å². The minimum atomic E-state index is 0.363. The Hall–Kier alpha value is -2.44. The Labute approximate surface area is 96.3 Å². The summed E-state index contributed by atoms with van der Waals surface area (Å²) < 4.78 is 6.95. The summed E-state index contributed by atoms with van der Waals surface area (Å²) in [5.41, 5.74) is 8.78. The average Bonchev–Trinajstić information content (AvgIpc) is 2.91. The third-order valence-corrected chi connectivity index (χ3v) is 2.59. The van der Waals surface area contributed by atoms with Crippen LogP contribution in [0, 0.1) is 13.8 Å². The average molecular weight is 230 g/mol. The lowest BCUT2D eigenvalue weighted by molar-refractivity contribution is 0.529. The highest BCUT2D eigenvalue weighted by molar-refractivity contribution is 5.76. The minimum Gasteiger partial charge on any atom is -0.420 e. The molecule has 3 aromatic heterocycles. The van der Waals surface area contributed by atoms with Crippen LogP contribution in [-0.2, 0) is 0 Å². The highest BCUT2D eigenvalue weighted by atomic mass is 16.4. The fraction of sp³-hybridized carbons (Fsp3) is 0.200. The number of nitrogens with two attached hydrogens (primary N) is 1. The lowest BCUT2D eigenvalue weighted by Crippen LogP contribution is -2.02. The summed E-state index contributed by atoms with van der Waals surface area (Å²) in [5.74, 6) is 0.854. The van der Waals surface area contributed by atoms with Gasteiger partial charge in [0, 0.05) is 12.5 Å². The molecular weight excluding hydrogens is 220 g/mol. The van der Waals surface area contributed by atoms with Gasteiger partial charge in [-0.1, -0.05) is 0 Å². The third-order valence-electron chi connectivity index (χ3n) is 2.59. The van der Waals surface area contributed by atoms with Crippen LogP contribution < -0.4 is 5.73 Å². The molecule has 0 aromatic carbocycles. The van der Waals surface area contributed by atoms with E-state index in [9.17, 15) is 0 Å². The van der Waals surface area contributed by atoms with Crippen LogP contribution >= 0.6 is 0 Å². The van der Waals surface area contributed by atoms with E-state index in [1.807, 2.05) is 6.92 Å². The van der Waals surface area contributed by atoms with Crippen LogP contribution in [0.2, 0.25) is 0 Å². The number of rotatable bonds is 1. The van der Waals surface area contributed by atoms with Crippen molar-refractivity contribution in [3.63, 3.8) is 0 Å². The number of fused-ring (bicyclic) bond motifs is 1. The summed E-state index contributed by atoms with van der Waals surface area (Å²) in [6.07, 6.45) is 3.25. The second-order valence-electron chi connectivity index (χ2n) is 3.74. The van der Waals surface area contributed by atoms with Gasteiger partial charge in [-0.05, 0) is 6.92 Å². The summed E-state index contributed by atoms with van der Waals surface area (Å²) in [4.78, 5) is 4.00. The first-order chi connectivity index (χ1) is 8.16. The van der Waals surface area contributed by atoms with Crippen LogP contribution in [0.1, 0.15) is 11.5 Å². The molecule has 17 heavy (non-hydrogen) atoms. The Morgan fingerprint density at radius 2 is 2.12 bits per heavy atom. The highest BCUT2D eigenvalue weighted by Crippen LogP contribution is 2.26. The van der Waals surface area contributed by atoms with Gasteiger partial charge in [0.1, 0.15) is 11.8 Å². The molecule has 7 nitrogen and oxygen atoms in total. The van der Waals surface area contributed by atoms with E-state index < -0.39 is 0 Å². The van der Waals surface area contributed by atoms with Gasteiger partial charge in [-0.3, -0.25) is 0 Å². The van der Waals surface area contributed by atoms with Crippen molar-refractivity contribution in [1.82, 2.24) is 24.8 Å². The maximum absolute atomic E-state index is 6.02. The van der Waals surface area contributed by atoms with Gasteiger partial charge in [0.25, 0.3) is 5.89 Å². The number of imidazole rings is 1. The molecule has 7 heteroatoms. The van der Waals surface area contributed by atoms with Crippen LogP contribution in [0.5, 0.6) is 0 Å². The molecule has 0 unspecified atom stereocenters. The predicted molar refractivity (Wildman–Crippen MR) is 60.2 cm³/mol. The third kappa shape index (κ3) is 1.36. The Balaban J connectivity index is 2.32. The van der Waals surface area contributed by atoms with Gasteiger partial charge in [-0.2, -0.15) is 5.10 Å². The van der Waals surface area contributed by atoms with Gasteiger partial charge >= 0.3 is 0 Å². The second kappa shape index (κ2) is 3.27. The molecule has 86 valence electrons. The first-order valence-electron chi connectivity index (χ1n) is 5.05. The highest BCUT2D eigenvalue weighted by Gasteiger charge is 2.16. The molecular formula is C10H10N6O. The SMILES string of the molecule is Cc1nnc(-c2nn3cncc3c(N)c2C)o1. The maximum atomic E-state index is 6.02. The molecule has 2 N–H and O–H groups in total. The molecule has 3 aromatic rings. The van der Waals surface area contributed by atoms with Crippen molar-refractivity contribution >= 4 is 11.2 Å². The smallest absolute Gasteiger partial charge is 0.268 e. The first kappa shape index (κ1) is 9.76. The van der Waals surface area contributed by atoms with E-state index in [1.54, 1.807) is 24.0 Å². The summed E-state index contributed by atoms with van der Waals surface area (Å²) in [7, 11) is 0. The maximum Gasteiger partial charge on any atom is 0.268 e. The second-order valence-corrected chi connectivity index (χ2v) is 3.74. The van der Waals surface area contributed by atoms with Crippen LogP contribution in [-0.4, -0.2) is 24.8 Å². The normalized spacial score (nSPS) is 11.2. The molecule has 0 aliphatic rings. The first-order valence-corrected chi connectivity index (χ1v) is 5.05. The summed E-state index contributed by atoms with van der Waals surface area (Å²) in [6, 6.07) is 0. The van der Waals surface area contributed by atoms with Gasteiger partial charge in [-0.25, -0.2) is 9.50 Å². The molecule has 0 spiro atoms. The van der Waals surface area contributed by atoms with E-state index in [-0.39, 0.29) is 0 Å². The van der Waals surface area contributed by atoms with Gasteiger partial charge in [-0.15, -0.1) is 10.2 Å². The molecule has 0 radical (unpaired) electrons. The van der Waals surface area contributed by atoms with E-state index in [0.29, 0.717) is 23.2 Å². The number of aromatic nitrogens is 5. The molecule has 0 aliphatic carbocycles. The Morgan fingerprint density at radius 3 is 2.82 bits per heavy atom. The zero-order valence-electron chi connectivity index (χ0n) is 9.38. The summed E-state index contributed by atoms with van der Waals surface area (Å²) >= 11 is 0. The Kier molecular flexibility index (Phi) is 1.88. The molecule has 3 rings (SSSR count). The molecule has 0 saturated carbocycles. The van der Waals surface area contributed by atoms with Crippen LogP contribution in [0.25, 0.3) is 17.1 Å². The van der Waals surface area contributed by atoms with Gasteiger partial charge < -0.3 is 10.2 Å². The topological polar surface area (TPSA) is 95.1 Å². The fourth-order valence-corrected chi connectivity index (χ4v) is 1.66. The molecule has 0 bridgehead atoms. The zero-order valence-corrected chi connectivity index (χ0v) is 9.38. The minimum absolute atomic E-state index is 0.363. The number of hydrogen-bond acceptors (Lipinski definition) is 6. The summed E-state index contributed by atoms with van der Waals surface area (Å²) in [5, 5.41) is 12.1. The van der Waals surface area contributed by atoms with Gasteiger partial charge in [0.05, 0.1) is 11.9 Å². The fourth-order valence-electron chi connectivity index (χ4n) is 1.66. The van der Waals surface area contributed by atoms with Crippen molar-refractivity contribution < 1.29 is 4.42 Å². The zero-order chi connectivity index (χ0) is 12.0. The Morgan fingerprint density at radius 1 is 1.29 bits per heavy atom. The van der Waals surface area contributed by atoms with Gasteiger partial charge in [0.2, 0.25) is 5.89 Å². The van der Waals surface area contributed by atoms with Crippen LogP contribution in [0.3, 0.4) is 0 Å². The molecule has 3 heterocycles. The molecule has 0 amide bonds. The van der Waals surface area contributed by atoms with Crippen LogP contribution in [0.15, 0.2) is 16.9 Å². The molecule has 0 aliphatic heterocycles. The number of hydrogen-bond donors (Lipinski definition) is 1. The van der Waals surface area contributed by atoms with Crippen molar-refractivity contribution in [2.75, 3.05) is 5.73 Å². The number of anilines is 1. The quantitative estimate of drug-likeness (QED) is 0.669. The van der Waals surface area contributed by atoms with E-state index in [1.165, 1.54) is 0 Å². The van der Waals surface area contributed by atoms with Crippen LogP contribution in [0.4, 0.5) is 5.69 Å². The molecule has 0 saturated heterocycles. The monoisotopic (exact) mass is 230 g/mol. The van der Waals surface area contributed by atoms with Crippen molar-refractivity contribution in [1.29, 1.82) is 0 Å². The van der Waals surface area contributed by atoms with Crippen molar-refractivity contribution in [3.8, 4) is 11.6 Å².